The number of ether oxygens (including phenoxy) is 1. The van der Waals surface area contributed by atoms with Gasteiger partial charge in [0.1, 0.15) is 11.0 Å². The van der Waals surface area contributed by atoms with Gasteiger partial charge < -0.3 is 10.1 Å². The molecule has 1 fully saturated rings. The fraction of sp³-hybridized carbons (Fsp3) is 0.526. The Labute approximate surface area is 143 Å². The molecule has 0 heterocycles. The van der Waals surface area contributed by atoms with E-state index in [2.05, 4.69) is 11.4 Å². The average Bonchev–Trinajstić information content (AvgIpc) is 2.53. The smallest absolute Gasteiger partial charge is 0.408 e. The minimum atomic E-state index is -1.24. The quantitative estimate of drug-likeness (QED) is 0.912. The van der Waals surface area contributed by atoms with Gasteiger partial charge in [0.25, 0.3) is 0 Å². The third-order valence-electron chi connectivity index (χ3n) is 4.21. The summed E-state index contributed by atoms with van der Waals surface area (Å²) in [5, 5.41) is 12.6. The normalized spacial score (nSPS) is 22.3. The Morgan fingerprint density at radius 1 is 1.29 bits per heavy atom. The van der Waals surface area contributed by atoms with E-state index in [9.17, 15) is 14.9 Å². The monoisotopic (exact) mass is 328 g/mol. The molecule has 0 saturated heterocycles. The second-order valence-electron chi connectivity index (χ2n) is 7.20. The fourth-order valence-corrected chi connectivity index (χ4v) is 3.10. The van der Waals surface area contributed by atoms with E-state index in [1.807, 2.05) is 30.3 Å². The number of nitrogens with one attached hydrogen (secondary N) is 1. The summed E-state index contributed by atoms with van der Waals surface area (Å²) in [6, 6.07) is 10.7. The van der Waals surface area contributed by atoms with Crippen LogP contribution in [0.5, 0.6) is 0 Å². The van der Waals surface area contributed by atoms with Gasteiger partial charge in [0.05, 0.1) is 12.1 Å². The van der Waals surface area contributed by atoms with Crippen LogP contribution in [0.15, 0.2) is 30.3 Å². The highest BCUT2D eigenvalue weighted by atomic mass is 16.6. The third-order valence-corrected chi connectivity index (χ3v) is 4.21. The Kier molecular flexibility index (Phi) is 5.28. The first-order valence-corrected chi connectivity index (χ1v) is 8.27. The van der Waals surface area contributed by atoms with Gasteiger partial charge in [-0.3, -0.25) is 4.79 Å². The Balaban J connectivity index is 2.38. The van der Waals surface area contributed by atoms with Crippen LogP contribution in [-0.2, 0) is 9.53 Å². The molecule has 1 N–H and O–H groups in total. The van der Waals surface area contributed by atoms with E-state index in [4.69, 9.17) is 4.74 Å². The van der Waals surface area contributed by atoms with Crippen LogP contribution in [0.2, 0.25) is 0 Å². The molecule has 2 atom stereocenters. The molecule has 0 spiro atoms. The van der Waals surface area contributed by atoms with Crippen LogP contribution in [0, 0.1) is 16.7 Å². The molecule has 0 bridgehead atoms. The van der Waals surface area contributed by atoms with Gasteiger partial charge in [0, 0.05) is 6.42 Å². The SMILES string of the molecule is CC(C)(C)OC(=O)N[C@@H](c1ccccc1)C1(C#N)CCCCC1=O. The number of nitrogens with zero attached hydrogens (tertiary/aromatic N) is 1. The van der Waals surface area contributed by atoms with Gasteiger partial charge in [-0.15, -0.1) is 0 Å². The zero-order chi connectivity index (χ0) is 17.8. The minimum Gasteiger partial charge on any atom is -0.444 e. The van der Waals surface area contributed by atoms with E-state index in [1.165, 1.54) is 0 Å². The van der Waals surface area contributed by atoms with Crippen molar-refractivity contribution in [2.45, 2.75) is 58.1 Å². The number of amides is 1. The zero-order valence-corrected chi connectivity index (χ0v) is 14.5. The molecule has 0 aliphatic heterocycles. The van der Waals surface area contributed by atoms with Crippen LogP contribution in [0.3, 0.4) is 0 Å². The maximum Gasteiger partial charge on any atom is 0.408 e. The first-order valence-electron chi connectivity index (χ1n) is 8.27. The molecule has 1 aromatic carbocycles. The van der Waals surface area contributed by atoms with E-state index < -0.39 is 23.2 Å². The van der Waals surface area contributed by atoms with Crippen molar-refractivity contribution >= 4 is 11.9 Å². The lowest BCUT2D eigenvalue weighted by atomic mass is 9.67. The largest absolute Gasteiger partial charge is 0.444 e. The summed E-state index contributed by atoms with van der Waals surface area (Å²) < 4.78 is 5.33. The van der Waals surface area contributed by atoms with Gasteiger partial charge in [0.2, 0.25) is 0 Å². The topological polar surface area (TPSA) is 79.2 Å². The number of nitriles is 1. The summed E-state index contributed by atoms with van der Waals surface area (Å²) in [6.45, 7) is 5.32. The Hall–Kier alpha value is -2.35. The highest BCUT2D eigenvalue weighted by Gasteiger charge is 2.48. The predicted molar refractivity (Wildman–Crippen MR) is 90.1 cm³/mol. The molecule has 0 aromatic heterocycles. The van der Waals surface area contributed by atoms with Crippen molar-refractivity contribution in [3.8, 4) is 6.07 Å². The van der Waals surface area contributed by atoms with Crippen LogP contribution < -0.4 is 5.32 Å². The molecule has 1 aliphatic rings. The van der Waals surface area contributed by atoms with Crippen molar-refractivity contribution in [3.63, 3.8) is 0 Å². The van der Waals surface area contributed by atoms with Gasteiger partial charge in [-0.1, -0.05) is 36.8 Å². The maximum absolute atomic E-state index is 12.6. The van der Waals surface area contributed by atoms with Gasteiger partial charge in [0.15, 0.2) is 5.78 Å². The first-order chi connectivity index (χ1) is 11.3. The lowest BCUT2D eigenvalue weighted by Gasteiger charge is -2.37. The number of benzene rings is 1. The van der Waals surface area contributed by atoms with Gasteiger partial charge in [-0.05, 0) is 39.2 Å². The number of carbonyl (C=O) groups is 2. The van der Waals surface area contributed by atoms with Crippen molar-refractivity contribution in [2.75, 3.05) is 0 Å². The molecular weight excluding hydrogens is 304 g/mol. The van der Waals surface area contributed by atoms with Crippen LogP contribution in [0.4, 0.5) is 4.79 Å². The summed E-state index contributed by atoms with van der Waals surface area (Å²) >= 11 is 0. The lowest BCUT2D eigenvalue weighted by molar-refractivity contribution is -0.129. The molecule has 5 nitrogen and oxygen atoms in total. The Morgan fingerprint density at radius 3 is 2.50 bits per heavy atom. The summed E-state index contributed by atoms with van der Waals surface area (Å²) in [7, 11) is 0. The van der Waals surface area contributed by atoms with Crippen molar-refractivity contribution in [1.29, 1.82) is 5.26 Å². The highest BCUT2D eigenvalue weighted by Crippen LogP contribution is 2.43. The van der Waals surface area contributed by atoms with Crippen LogP contribution in [0.1, 0.15) is 58.1 Å². The molecule has 1 unspecified atom stereocenters. The van der Waals surface area contributed by atoms with Crippen LogP contribution in [0.25, 0.3) is 0 Å². The standard InChI is InChI=1S/C19H24N2O3/c1-18(2,3)24-17(23)21-16(14-9-5-4-6-10-14)19(13-20)12-8-7-11-15(19)22/h4-6,9-10,16H,7-8,11-12H2,1-3H3,(H,21,23)/t16-,19?/m0/s1. The number of hydrogen-bond donors (Lipinski definition) is 1. The molecule has 24 heavy (non-hydrogen) atoms. The summed E-state index contributed by atoms with van der Waals surface area (Å²) in [6.07, 6.45) is 1.77. The van der Waals surface area contributed by atoms with Gasteiger partial charge in [-0.2, -0.15) is 5.26 Å². The maximum atomic E-state index is 12.6. The van der Waals surface area contributed by atoms with E-state index in [0.29, 0.717) is 12.8 Å². The van der Waals surface area contributed by atoms with Crippen molar-refractivity contribution in [1.82, 2.24) is 5.32 Å². The number of Topliss-reactive ketones (excluding diaryl/α,β-unsaturated/α-hetero) is 1. The summed E-state index contributed by atoms with van der Waals surface area (Å²) in [4.78, 5) is 24.9. The van der Waals surface area contributed by atoms with Crippen molar-refractivity contribution in [3.05, 3.63) is 35.9 Å². The molecule has 1 saturated carbocycles. The predicted octanol–water partition coefficient (Wildman–Crippen LogP) is 3.91. The number of hydrogen-bond acceptors (Lipinski definition) is 4. The average molecular weight is 328 g/mol. The van der Waals surface area contributed by atoms with Gasteiger partial charge in [-0.25, -0.2) is 4.79 Å². The number of rotatable bonds is 3. The molecule has 2 rings (SSSR count). The molecule has 128 valence electrons. The molecule has 0 radical (unpaired) electrons. The lowest BCUT2D eigenvalue weighted by Crippen LogP contribution is -2.47. The van der Waals surface area contributed by atoms with E-state index in [0.717, 1.165) is 18.4 Å². The number of carbonyl (C=O) groups excluding carboxylic acids is 2. The fourth-order valence-electron chi connectivity index (χ4n) is 3.10. The molecule has 1 aromatic rings. The molecule has 1 amide bonds. The van der Waals surface area contributed by atoms with Crippen LogP contribution in [-0.4, -0.2) is 17.5 Å². The third kappa shape index (κ3) is 3.94. The second kappa shape index (κ2) is 7.04. The Morgan fingerprint density at radius 2 is 1.96 bits per heavy atom. The van der Waals surface area contributed by atoms with Gasteiger partial charge >= 0.3 is 6.09 Å². The van der Waals surface area contributed by atoms with E-state index in [-0.39, 0.29) is 5.78 Å². The van der Waals surface area contributed by atoms with Crippen molar-refractivity contribution in [2.24, 2.45) is 5.41 Å². The number of ketones is 1. The van der Waals surface area contributed by atoms with Crippen LogP contribution >= 0.6 is 0 Å². The summed E-state index contributed by atoms with van der Waals surface area (Å²) in [5.74, 6) is -0.110. The highest BCUT2D eigenvalue weighted by molar-refractivity contribution is 5.90. The molecular formula is C19H24N2O3. The first kappa shape index (κ1) is 18.0. The van der Waals surface area contributed by atoms with Crippen molar-refractivity contribution < 1.29 is 14.3 Å². The molecule has 1 aliphatic carbocycles. The minimum absolute atomic E-state index is 0.110. The Bertz CT molecular complexity index is 643. The second-order valence-corrected chi connectivity index (χ2v) is 7.20. The molecule has 5 heteroatoms. The number of alkyl carbamates (subject to hydrolysis) is 1. The van der Waals surface area contributed by atoms with E-state index in [1.54, 1.807) is 20.8 Å². The van der Waals surface area contributed by atoms with E-state index >= 15 is 0 Å². The summed E-state index contributed by atoms with van der Waals surface area (Å²) in [5.41, 5.74) is -1.15. The zero-order valence-electron chi connectivity index (χ0n) is 14.5.